The summed E-state index contributed by atoms with van der Waals surface area (Å²) >= 11 is 0. The largest absolute Gasteiger partial charge is 0.440 e. The standard InChI is InChI=1S/C30H27F2N3O4S/c1-16-6-7-21(11-25(16)31)30-29(34-19(4)39-30)23-10-20(8-9-27(23)35-14-17(2)33-18(35)3)22-12-26(32)24(15-36)28(13-22)40(5,37)38/h6-14,36H,15H2,1-5H3. The Morgan fingerprint density at radius 3 is 2.23 bits per heavy atom. The number of sulfone groups is 1. The van der Waals surface area contributed by atoms with E-state index in [9.17, 15) is 17.9 Å². The average molecular weight is 564 g/mol. The van der Waals surface area contributed by atoms with E-state index >= 15 is 4.39 Å². The fourth-order valence-corrected chi connectivity index (χ4v) is 5.73. The number of hydrogen-bond acceptors (Lipinski definition) is 6. The fraction of sp³-hybridized carbons (Fsp3) is 0.200. The lowest BCUT2D eigenvalue weighted by Gasteiger charge is -2.15. The van der Waals surface area contributed by atoms with Crippen LogP contribution in [0.2, 0.25) is 0 Å². The first-order valence-electron chi connectivity index (χ1n) is 12.4. The molecule has 3 aromatic carbocycles. The summed E-state index contributed by atoms with van der Waals surface area (Å²) in [6, 6.07) is 12.6. The van der Waals surface area contributed by atoms with Crippen LogP contribution < -0.4 is 0 Å². The normalized spacial score (nSPS) is 11.8. The van der Waals surface area contributed by atoms with Crippen molar-refractivity contribution in [3.63, 3.8) is 0 Å². The summed E-state index contributed by atoms with van der Waals surface area (Å²) in [7, 11) is -3.84. The van der Waals surface area contributed by atoms with Gasteiger partial charge in [-0.05, 0) is 67.8 Å². The molecular weight excluding hydrogens is 536 g/mol. The van der Waals surface area contributed by atoms with Gasteiger partial charge in [-0.1, -0.05) is 18.2 Å². The number of rotatable bonds is 6. The van der Waals surface area contributed by atoms with Gasteiger partial charge in [0.1, 0.15) is 23.2 Å². The van der Waals surface area contributed by atoms with Crippen LogP contribution in [0.4, 0.5) is 8.78 Å². The number of aliphatic hydroxyl groups is 1. The van der Waals surface area contributed by atoms with E-state index in [0.717, 1.165) is 11.9 Å². The molecule has 5 aromatic rings. The van der Waals surface area contributed by atoms with Crippen molar-refractivity contribution in [1.29, 1.82) is 0 Å². The van der Waals surface area contributed by atoms with E-state index in [2.05, 4.69) is 9.97 Å². The zero-order valence-corrected chi connectivity index (χ0v) is 23.4. The highest BCUT2D eigenvalue weighted by atomic mass is 32.2. The molecule has 0 atom stereocenters. The minimum Gasteiger partial charge on any atom is -0.440 e. The Labute approximate surface area is 230 Å². The number of aromatic nitrogens is 3. The summed E-state index contributed by atoms with van der Waals surface area (Å²) in [5.74, 6) is 0.203. The lowest BCUT2D eigenvalue weighted by atomic mass is 9.97. The van der Waals surface area contributed by atoms with E-state index in [1.807, 2.05) is 24.6 Å². The molecule has 206 valence electrons. The van der Waals surface area contributed by atoms with Crippen LogP contribution in [0.5, 0.6) is 0 Å². The Morgan fingerprint density at radius 1 is 0.900 bits per heavy atom. The summed E-state index contributed by atoms with van der Waals surface area (Å²) < 4.78 is 62.3. The van der Waals surface area contributed by atoms with Crippen LogP contribution >= 0.6 is 0 Å². The molecule has 5 rings (SSSR count). The number of aliphatic hydroxyl groups excluding tert-OH is 1. The Balaban J connectivity index is 1.80. The van der Waals surface area contributed by atoms with E-state index in [0.29, 0.717) is 56.7 Å². The Kier molecular flexibility index (Phi) is 6.93. The molecule has 0 saturated carbocycles. The highest BCUT2D eigenvalue weighted by Gasteiger charge is 2.23. The molecular formula is C30H27F2N3O4S. The second kappa shape index (κ2) is 10.1. The maximum atomic E-state index is 15.0. The van der Waals surface area contributed by atoms with Gasteiger partial charge in [-0.25, -0.2) is 27.2 Å². The van der Waals surface area contributed by atoms with Gasteiger partial charge >= 0.3 is 0 Å². The summed E-state index contributed by atoms with van der Waals surface area (Å²) in [6.07, 6.45) is 2.83. The first kappa shape index (κ1) is 27.4. The second-order valence-electron chi connectivity index (χ2n) is 9.77. The van der Waals surface area contributed by atoms with Gasteiger partial charge in [0, 0.05) is 36.1 Å². The molecule has 0 amide bonds. The summed E-state index contributed by atoms with van der Waals surface area (Å²) in [4.78, 5) is 8.86. The van der Waals surface area contributed by atoms with Gasteiger partial charge < -0.3 is 14.1 Å². The Bertz CT molecular complexity index is 1890. The fourth-order valence-electron chi connectivity index (χ4n) is 4.78. The molecule has 0 bridgehead atoms. The topological polar surface area (TPSA) is 98.2 Å². The van der Waals surface area contributed by atoms with Gasteiger partial charge in [0.15, 0.2) is 21.5 Å². The second-order valence-corrected chi connectivity index (χ2v) is 11.8. The quantitative estimate of drug-likeness (QED) is 0.262. The molecule has 7 nitrogen and oxygen atoms in total. The third kappa shape index (κ3) is 4.96. The van der Waals surface area contributed by atoms with E-state index in [1.165, 1.54) is 18.2 Å². The third-order valence-electron chi connectivity index (χ3n) is 6.73. The first-order valence-corrected chi connectivity index (χ1v) is 14.3. The number of hydrogen-bond donors (Lipinski definition) is 1. The number of benzene rings is 3. The van der Waals surface area contributed by atoms with Gasteiger partial charge in [-0.3, -0.25) is 0 Å². The van der Waals surface area contributed by atoms with Crippen molar-refractivity contribution >= 4 is 9.84 Å². The zero-order chi connectivity index (χ0) is 28.9. The van der Waals surface area contributed by atoms with E-state index in [4.69, 9.17) is 4.42 Å². The smallest absolute Gasteiger partial charge is 0.192 e. The van der Waals surface area contributed by atoms with E-state index < -0.39 is 22.3 Å². The molecule has 1 N–H and O–H groups in total. The minimum atomic E-state index is -3.84. The SMILES string of the molecule is Cc1cn(-c2ccc(-c3cc(F)c(CO)c(S(C)(=O)=O)c3)cc2-c2nc(C)oc2-c2ccc(C)c(F)c2)c(C)n1. The number of aryl methyl sites for hydroxylation is 4. The molecule has 0 radical (unpaired) electrons. The Morgan fingerprint density at radius 2 is 1.60 bits per heavy atom. The number of imidazole rings is 1. The number of oxazole rings is 1. The predicted octanol–water partition coefficient (Wildman–Crippen LogP) is 6.27. The lowest BCUT2D eigenvalue weighted by Crippen LogP contribution is -2.06. The van der Waals surface area contributed by atoms with Crippen LogP contribution in [0, 0.1) is 39.3 Å². The summed E-state index contributed by atoms with van der Waals surface area (Å²) in [5.41, 5.74) is 3.99. The summed E-state index contributed by atoms with van der Waals surface area (Å²) in [6.45, 7) is 6.33. The molecule has 40 heavy (non-hydrogen) atoms. The van der Waals surface area contributed by atoms with Crippen molar-refractivity contribution in [1.82, 2.24) is 14.5 Å². The first-order chi connectivity index (χ1) is 18.9. The van der Waals surface area contributed by atoms with Crippen LogP contribution in [-0.2, 0) is 16.4 Å². The number of nitrogens with zero attached hydrogens (tertiary/aromatic N) is 3. The molecule has 0 aliphatic heterocycles. The minimum absolute atomic E-state index is 0.287. The molecule has 0 aliphatic rings. The van der Waals surface area contributed by atoms with E-state index in [1.54, 1.807) is 44.2 Å². The van der Waals surface area contributed by atoms with Gasteiger partial charge in [0.05, 0.1) is 22.9 Å². The lowest BCUT2D eigenvalue weighted by molar-refractivity contribution is 0.272. The molecule has 0 spiro atoms. The van der Waals surface area contributed by atoms with Gasteiger partial charge in [-0.15, -0.1) is 0 Å². The van der Waals surface area contributed by atoms with Crippen LogP contribution in [0.3, 0.4) is 0 Å². The van der Waals surface area contributed by atoms with Crippen molar-refractivity contribution < 1.29 is 26.7 Å². The molecule has 0 fully saturated rings. The third-order valence-corrected chi connectivity index (χ3v) is 7.89. The molecule has 0 aliphatic carbocycles. The van der Waals surface area contributed by atoms with Gasteiger partial charge in [0.2, 0.25) is 0 Å². The van der Waals surface area contributed by atoms with Crippen molar-refractivity contribution in [2.75, 3.05) is 6.26 Å². The maximum Gasteiger partial charge on any atom is 0.192 e. The van der Waals surface area contributed by atoms with Gasteiger partial charge in [0.25, 0.3) is 0 Å². The zero-order valence-electron chi connectivity index (χ0n) is 22.6. The molecule has 10 heteroatoms. The molecule has 2 aromatic heterocycles. The average Bonchev–Trinajstić information content (AvgIpc) is 3.45. The highest BCUT2D eigenvalue weighted by molar-refractivity contribution is 7.90. The van der Waals surface area contributed by atoms with Crippen LogP contribution in [0.25, 0.3) is 39.4 Å². The van der Waals surface area contributed by atoms with Crippen LogP contribution in [0.1, 0.15) is 28.5 Å². The highest BCUT2D eigenvalue weighted by Crippen LogP contribution is 2.39. The number of halogens is 2. The van der Waals surface area contributed by atoms with Crippen LogP contribution in [-0.4, -0.2) is 34.3 Å². The Hall–Kier alpha value is -4.15. The maximum absolute atomic E-state index is 15.0. The van der Waals surface area contributed by atoms with Crippen molar-refractivity contribution in [2.45, 2.75) is 39.2 Å². The van der Waals surface area contributed by atoms with E-state index in [-0.39, 0.29) is 16.3 Å². The van der Waals surface area contributed by atoms with Gasteiger partial charge in [-0.2, -0.15) is 0 Å². The molecule has 0 unspecified atom stereocenters. The van der Waals surface area contributed by atoms with Crippen molar-refractivity contribution in [3.8, 4) is 39.4 Å². The molecule has 2 heterocycles. The van der Waals surface area contributed by atoms with Crippen molar-refractivity contribution in [3.05, 3.63) is 94.9 Å². The van der Waals surface area contributed by atoms with Crippen molar-refractivity contribution in [2.24, 2.45) is 0 Å². The predicted molar refractivity (Wildman–Crippen MR) is 148 cm³/mol. The van der Waals surface area contributed by atoms with Crippen LogP contribution in [0.15, 0.2) is 64.0 Å². The molecule has 0 saturated heterocycles. The summed E-state index contributed by atoms with van der Waals surface area (Å²) in [5, 5.41) is 9.63. The monoisotopic (exact) mass is 563 g/mol.